The monoisotopic (exact) mass is 213 g/mol. The fourth-order valence-electron chi connectivity index (χ4n) is 1.62. The van der Waals surface area contributed by atoms with Crippen molar-refractivity contribution in [3.8, 4) is 10.4 Å². The Labute approximate surface area is 90.2 Å². The van der Waals surface area contributed by atoms with Gasteiger partial charge in [0.15, 0.2) is 0 Å². The largest absolute Gasteiger partial charge is 0.287 e. The molecule has 0 radical (unpaired) electrons. The van der Waals surface area contributed by atoms with Crippen molar-refractivity contribution in [2.24, 2.45) is 0 Å². The van der Waals surface area contributed by atoms with Gasteiger partial charge in [0.1, 0.15) is 0 Å². The summed E-state index contributed by atoms with van der Waals surface area (Å²) < 4.78 is 1.18. The molecule has 0 atom stereocenters. The van der Waals surface area contributed by atoms with E-state index in [-0.39, 0.29) is 5.43 Å². The number of benzene rings is 1. The maximum atomic E-state index is 11.6. The molecule has 0 spiro atoms. The lowest BCUT2D eigenvalue weighted by Gasteiger charge is -2.04. The zero-order valence-electron chi connectivity index (χ0n) is 7.81. The van der Waals surface area contributed by atoms with Crippen LogP contribution in [0, 0.1) is 0 Å². The predicted octanol–water partition coefficient (Wildman–Crippen LogP) is 2.76. The number of rotatable bonds is 0. The van der Waals surface area contributed by atoms with Crippen molar-refractivity contribution in [3.05, 3.63) is 52.9 Å². The van der Waals surface area contributed by atoms with E-state index in [9.17, 15) is 4.79 Å². The van der Waals surface area contributed by atoms with E-state index in [2.05, 4.69) is 11.1 Å². The summed E-state index contributed by atoms with van der Waals surface area (Å²) in [4.78, 5) is 16.4. The molecule has 3 rings (SSSR count). The van der Waals surface area contributed by atoms with Gasteiger partial charge in [0.2, 0.25) is 5.43 Å². The molecule has 0 bridgehead atoms. The van der Waals surface area contributed by atoms with Gasteiger partial charge in [-0.25, -0.2) is 0 Å². The summed E-state index contributed by atoms with van der Waals surface area (Å²) in [6, 6.07) is 9.99. The van der Waals surface area contributed by atoms with Crippen molar-refractivity contribution in [1.29, 1.82) is 0 Å². The first-order valence-corrected chi connectivity index (χ1v) is 5.43. The molecule has 0 saturated carbocycles. The highest BCUT2D eigenvalue weighted by molar-refractivity contribution is 7.21. The minimum Gasteiger partial charge on any atom is -0.287 e. The molecule has 0 aliphatic carbocycles. The molecule has 2 heterocycles. The second-order valence-corrected chi connectivity index (χ2v) is 4.42. The Morgan fingerprint density at radius 2 is 2.00 bits per heavy atom. The second-order valence-electron chi connectivity index (χ2n) is 3.33. The molecular weight excluding hydrogens is 206 g/mol. The van der Waals surface area contributed by atoms with Crippen LogP contribution in [0.3, 0.4) is 0 Å². The molecular formula is C12H7NOS. The van der Waals surface area contributed by atoms with Gasteiger partial charge in [-0.05, 0) is 17.5 Å². The molecule has 2 aliphatic heterocycles. The Morgan fingerprint density at radius 3 is 2.93 bits per heavy atom. The molecule has 72 valence electrons. The maximum absolute atomic E-state index is 11.6. The topological polar surface area (TPSA) is 30.0 Å². The number of hydrogen-bond acceptors (Lipinski definition) is 3. The standard InChI is InChI=1S/C12H7NOS/c14-10-6-13-7-12-9(10)5-8-3-1-2-4-11(8)15-12/h1-7H. The lowest BCUT2D eigenvalue weighted by Crippen LogP contribution is -2.03. The maximum Gasteiger partial charge on any atom is 0.205 e. The van der Waals surface area contributed by atoms with Gasteiger partial charge in [0.05, 0.1) is 11.1 Å². The van der Waals surface area contributed by atoms with Gasteiger partial charge in [-0.15, -0.1) is 11.3 Å². The summed E-state index contributed by atoms with van der Waals surface area (Å²) in [6.07, 6.45) is 3.11. The van der Waals surface area contributed by atoms with Gasteiger partial charge in [-0.1, -0.05) is 18.2 Å². The van der Waals surface area contributed by atoms with Crippen molar-refractivity contribution in [1.82, 2.24) is 4.98 Å². The van der Waals surface area contributed by atoms with Crippen molar-refractivity contribution in [2.45, 2.75) is 0 Å². The smallest absolute Gasteiger partial charge is 0.205 e. The van der Waals surface area contributed by atoms with Crippen molar-refractivity contribution in [2.75, 3.05) is 0 Å². The van der Waals surface area contributed by atoms with Gasteiger partial charge >= 0.3 is 0 Å². The molecule has 0 unspecified atom stereocenters. The lowest BCUT2D eigenvalue weighted by molar-refractivity contribution is 1.30. The molecule has 0 aromatic heterocycles. The van der Waals surface area contributed by atoms with E-state index in [1.807, 2.05) is 24.3 Å². The van der Waals surface area contributed by atoms with Crippen LogP contribution in [0.5, 0.6) is 0 Å². The normalized spacial score (nSPS) is 10.9. The molecule has 15 heavy (non-hydrogen) atoms. The third kappa shape index (κ3) is 1.32. The first-order chi connectivity index (χ1) is 7.34. The first-order valence-electron chi connectivity index (χ1n) is 4.61. The van der Waals surface area contributed by atoms with Crippen LogP contribution in [0.15, 0.2) is 47.5 Å². The van der Waals surface area contributed by atoms with E-state index in [4.69, 9.17) is 0 Å². The molecule has 2 aliphatic rings. The van der Waals surface area contributed by atoms with Crippen LogP contribution in [0.4, 0.5) is 0 Å². The lowest BCUT2D eigenvalue weighted by atomic mass is 10.1. The minimum absolute atomic E-state index is 0.00509. The minimum atomic E-state index is -0.00509. The fourth-order valence-corrected chi connectivity index (χ4v) is 2.63. The van der Waals surface area contributed by atoms with E-state index >= 15 is 0 Å². The van der Waals surface area contributed by atoms with Gasteiger partial charge in [0, 0.05) is 16.5 Å². The molecule has 0 fully saturated rings. The molecule has 1 aromatic rings. The first kappa shape index (κ1) is 8.56. The van der Waals surface area contributed by atoms with Crippen LogP contribution in [-0.4, -0.2) is 4.98 Å². The Kier molecular flexibility index (Phi) is 1.79. The highest BCUT2D eigenvalue weighted by Gasteiger charge is 2.07. The van der Waals surface area contributed by atoms with Crippen LogP contribution in [0.2, 0.25) is 0 Å². The summed E-state index contributed by atoms with van der Waals surface area (Å²) in [5.41, 5.74) is 0.753. The van der Waals surface area contributed by atoms with Gasteiger partial charge in [0.25, 0.3) is 0 Å². The van der Waals surface area contributed by atoms with Crippen molar-refractivity contribution in [3.63, 3.8) is 0 Å². The predicted molar refractivity (Wildman–Crippen MR) is 62.5 cm³/mol. The van der Waals surface area contributed by atoms with Crippen LogP contribution in [-0.2, 0) is 0 Å². The van der Waals surface area contributed by atoms with E-state index in [1.54, 1.807) is 17.5 Å². The molecule has 0 amide bonds. The molecule has 0 saturated heterocycles. The molecule has 0 N–H and O–H groups in total. The van der Waals surface area contributed by atoms with Crippen LogP contribution < -0.4 is 5.43 Å². The van der Waals surface area contributed by atoms with Gasteiger partial charge < -0.3 is 0 Å². The average Bonchev–Trinajstić information content (AvgIpc) is 2.27. The van der Waals surface area contributed by atoms with Crippen LogP contribution >= 0.6 is 11.3 Å². The fraction of sp³-hybridized carbons (Fsp3) is 0. The van der Waals surface area contributed by atoms with Crippen molar-refractivity contribution < 1.29 is 0 Å². The Bertz CT molecular complexity index is 659. The Balaban J connectivity index is 2.54. The number of nitrogens with zero attached hydrogens (tertiary/aromatic N) is 1. The summed E-state index contributed by atoms with van der Waals surface area (Å²) in [5, 5.41) is 1.11. The number of pyridine rings is 1. The summed E-state index contributed by atoms with van der Waals surface area (Å²) in [7, 11) is 0. The highest BCUT2D eigenvalue weighted by Crippen LogP contribution is 2.29. The zero-order chi connectivity index (χ0) is 10.3. The van der Waals surface area contributed by atoms with Crippen molar-refractivity contribution >= 4 is 21.4 Å². The number of fused-ring (bicyclic) bond motifs is 2. The summed E-state index contributed by atoms with van der Waals surface area (Å²) in [6.45, 7) is 0. The third-order valence-electron chi connectivity index (χ3n) is 2.35. The number of hydrogen-bond donors (Lipinski definition) is 0. The Hall–Kier alpha value is -1.74. The SMILES string of the molecule is O=c1cncc2sc3ccccc3cc1-2. The Morgan fingerprint density at radius 1 is 1.13 bits per heavy atom. The van der Waals surface area contributed by atoms with Crippen LogP contribution in [0.25, 0.3) is 20.5 Å². The summed E-state index contributed by atoms with van der Waals surface area (Å²) in [5.74, 6) is 0. The average molecular weight is 213 g/mol. The van der Waals surface area contributed by atoms with Gasteiger partial charge in [-0.2, -0.15) is 0 Å². The second kappa shape index (κ2) is 3.14. The number of aromatic nitrogens is 1. The van der Waals surface area contributed by atoms with E-state index < -0.39 is 0 Å². The van der Waals surface area contributed by atoms with Gasteiger partial charge in [-0.3, -0.25) is 9.78 Å². The highest BCUT2D eigenvalue weighted by atomic mass is 32.1. The quantitative estimate of drug-likeness (QED) is 0.537. The molecule has 3 heteroatoms. The van der Waals surface area contributed by atoms with E-state index in [0.29, 0.717) is 0 Å². The third-order valence-corrected chi connectivity index (χ3v) is 3.49. The van der Waals surface area contributed by atoms with Crippen LogP contribution in [0.1, 0.15) is 0 Å². The molecule has 2 nitrogen and oxygen atoms in total. The van der Waals surface area contributed by atoms with E-state index in [1.165, 1.54) is 10.9 Å². The van der Waals surface area contributed by atoms with E-state index in [0.717, 1.165) is 15.8 Å². The molecule has 1 aromatic carbocycles. The zero-order valence-corrected chi connectivity index (χ0v) is 8.62. The summed E-state index contributed by atoms with van der Waals surface area (Å²) >= 11 is 1.60.